The number of halogens is 2. The lowest BCUT2D eigenvalue weighted by molar-refractivity contribution is -0.223. The second-order valence-electron chi connectivity index (χ2n) is 8.69. The molecule has 3 rings (SSSR count). The van der Waals surface area contributed by atoms with Gasteiger partial charge in [0, 0.05) is 18.4 Å². The van der Waals surface area contributed by atoms with Crippen LogP contribution in [0.4, 0.5) is 8.78 Å². The minimum atomic E-state index is -1.64. The van der Waals surface area contributed by atoms with Crippen LogP contribution in [0.3, 0.4) is 0 Å². The molecule has 2 saturated carbocycles. The van der Waals surface area contributed by atoms with Crippen molar-refractivity contribution >= 4 is 0 Å². The Kier molecular flexibility index (Phi) is 8.53. The predicted molar refractivity (Wildman–Crippen MR) is 102 cm³/mol. The molecule has 2 aliphatic carbocycles. The number of hydrogen-bond acceptors (Lipinski definition) is 3. The molecule has 156 valence electrons. The SMILES string of the molecule is CCCCOC1CCC(C2CCC(C3OCC(C=C(F)F)CO3)CC2)CC1. The lowest BCUT2D eigenvalue weighted by Crippen LogP contribution is -2.39. The Balaban J connectivity index is 1.33. The van der Waals surface area contributed by atoms with Crippen LogP contribution in [0, 0.1) is 23.7 Å². The standard InChI is InChI=1S/C22H36F2O3/c1-2-3-12-25-20-10-8-18(9-11-20)17-4-6-19(7-5-17)22-26-14-16(15-27-22)13-21(23)24/h13,16-20,22H,2-12,14-15H2,1H3. The molecular weight excluding hydrogens is 350 g/mol. The van der Waals surface area contributed by atoms with Crippen LogP contribution in [0.1, 0.15) is 71.1 Å². The maximum Gasteiger partial charge on any atom is 0.266 e. The van der Waals surface area contributed by atoms with Gasteiger partial charge in [-0.2, -0.15) is 8.78 Å². The number of ether oxygens (including phenoxy) is 3. The van der Waals surface area contributed by atoms with Crippen molar-refractivity contribution in [2.45, 2.75) is 83.5 Å². The van der Waals surface area contributed by atoms with Crippen molar-refractivity contribution in [1.82, 2.24) is 0 Å². The van der Waals surface area contributed by atoms with E-state index in [-0.39, 0.29) is 12.2 Å². The molecule has 0 spiro atoms. The lowest BCUT2D eigenvalue weighted by Gasteiger charge is -2.40. The minimum absolute atomic E-state index is 0.194. The van der Waals surface area contributed by atoms with E-state index in [1.165, 1.54) is 51.4 Å². The fraction of sp³-hybridized carbons (Fsp3) is 0.909. The van der Waals surface area contributed by atoms with Crippen molar-refractivity contribution in [3.05, 3.63) is 12.2 Å². The van der Waals surface area contributed by atoms with Gasteiger partial charge in [-0.15, -0.1) is 0 Å². The molecule has 5 heteroatoms. The number of rotatable bonds is 7. The van der Waals surface area contributed by atoms with Crippen molar-refractivity contribution in [3.63, 3.8) is 0 Å². The Morgan fingerprint density at radius 2 is 1.44 bits per heavy atom. The average molecular weight is 387 g/mol. The Morgan fingerprint density at radius 1 is 0.889 bits per heavy atom. The molecule has 0 amide bonds. The molecule has 0 atom stereocenters. The Morgan fingerprint density at radius 3 is 2.00 bits per heavy atom. The van der Waals surface area contributed by atoms with Crippen LogP contribution in [-0.4, -0.2) is 32.2 Å². The van der Waals surface area contributed by atoms with Gasteiger partial charge >= 0.3 is 0 Å². The largest absolute Gasteiger partial charge is 0.378 e. The molecule has 0 unspecified atom stereocenters. The van der Waals surface area contributed by atoms with Crippen molar-refractivity contribution in [2.75, 3.05) is 19.8 Å². The molecule has 0 aromatic rings. The Hall–Kier alpha value is -0.520. The molecule has 3 nitrogen and oxygen atoms in total. The van der Waals surface area contributed by atoms with Crippen LogP contribution < -0.4 is 0 Å². The van der Waals surface area contributed by atoms with Gasteiger partial charge < -0.3 is 14.2 Å². The van der Waals surface area contributed by atoms with Crippen molar-refractivity contribution in [3.8, 4) is 0 Å². The smallest absolute Gasteiger partial charge is 0.266 e. The lowest BCUT2D eigenvalue weighted by atomic mass is 9.70. The number of unbranched alkanes of at least 4 members (excludes halogenated alkanes) is 1. The normalized spacial score (nSPS) is 37.7. The fourth-order valence-electron chi connectivity index (χ4n) is 5.09. The zero-order valence-electron chi connectivity index (χ0n) is 16.7. The van der Waals surface area contributed by atoms with Gasteiger partial charge in [0.25, 0.3) is 6.08 Å². The molecule has 1 heterocycles. The van der Waals surface area contributed by atoms with Crippen molar-refractivity contribution in [2.24, 2.45) is 23.7 Å². The second kappa shape index (κ2) is 10.9. The molecule has 27 heavy (non-hydrogen) atoms. The molecule has 1 saturated heterocycles. The molecule has 3 aliphatic rings. The molecular formula is C22H36F2O3. The van der Waals surface area contributed by atoms with E-state index in [1.807, 2.05) is 0 Å². The first-order valence-corrected chi connectivity index (χ1v) is 11.0. The van der Waals surface area contributed by atoms with E-state index in [2.05, 4.69) is 6.92 Å². The highest BCUT2D eigenvalue weighted by Gasteiger charge is 2.35. The second-order valence-corrected chi connectivity index (χ2v) is 8.69. The first kappa shape index (κ1) is 21.2. The Labute approximate surface area is 162 Å². The van der Waals surface area contributed by atoms with E-state index >= 15 is 0 Å². The first-order valence-electron chi connectivity index (χ1n) is 11.0. The third-order valence-corrected chi connectivity index (χ3v) is 6.75. The maximum absolute atomic E-state index is 12.3. The summed E-state index contributed by atoms with van der Waals surface area (Å²) in [6, 6.07) is 0. The highest BCUT2D eigenvalue weighted by atomic mass is 19.3. The van der Waals surface area contributed by atoms with E-state index in [0.717, 1.165) is 37.4 Å². The quantitative estimate of drug-likeness (QED) is 0.507. The van der Waals surface area contributed by atoms with Crippen LogP contribution >= 0.6 is 0 Å². The van der Waals surface area contributed by atoms with E-state index in [4.69, 9.17) is 14.2 Å². The van der Waals surface area contributed by atoms with Gasteiger partial charge in [-0.1, -0.05) is 13.3 Å². The first-order chi connectivity index (χ1) is 13.2. The number of hydrogen-bond donors (Lipinski definition) is 0. The Bertz CT molecular complexity index is 442. The van der Waals surface area contributed by atoms with Crippen LogP contribution in [0.2, 0.25) is 0 Å². The summed E-state index contributed by atoms with van der Waals surface area (Å²) in [6.07, 6.45) is 11.8. The van der Waals surface area contributed by atoms with Gasteiger partial charge in [-0.05, 0) is 75.7 Å². The summed E-state index contributed by atoms with van der Waals surface area (Å²) in [7, 11) is 0. The summed E-state index contributed by atoms with van der Waals surface area (Å²) >= 11 is 0. The van der Waals surface area contributed by atoms with Gasteiger partial charge in [0.2, 0.25) is 0 Å². The molecule has 0 bridgehead atoms. The van der Waals surface area contributed by atoms with Gasteiger partial charge in [0.15, 0.2) is 6.29 Å². The van der Waals surface area contributed by atoms with E-state index in [9.17, 15) is 8.78 Å². The summed E-state index contributed by atoms with van der Waals surface area (Å²) in [5, 5.41) is 0. The molecule has 3 fully saturated rings. The van der Waals surface area contributed by atoms with Gasteiger partial charge in [0.1, 0.15) is 0 Å². The average Bonchev–Trinajstić information content (AvgIpc) is 2.69. The van der Waals surface area contributed by atoms with Crippen LogP contribution in [0.5, 0.6) is 0 Å². The summed E-state index contributed by atoms with van der Waals surface area (Å²) in [6.45, 7) is 3.83. The van der Waals surface area contributed by atoms with E-state index < -0.39 is 6.08 Å². The fourth-order valence-corrected chi connectivity index (χ4v) is 5.09. The van der Waals surface area contributed by atoms with Gasteiger partial charge in [-0.25, -0.2) is 0 Å². The molecule has 1 aliphatic heterocycles. The van der Waals surface area contributed by atoms with Crippen molar-refractivity contribution in [1.29, 1.82) is 0 Å². The van der Waals surface area contributed by atoms with Gasteiger partial charge in [0.05, 0.1) is 19.3 Å². The van der Waals surface area contributed by atoms with Crippen LogP contribution in [0.25, 0.3) is 0 Å². The monoisotopic (exact) mass is 386 g/mol. The van der Waals surface area contributed by atoms with Gasteiger partial charge in [-0.3, -0.25) is 0 Å². The molecule has 0 N–H and O–H groups in total. The topological polar surface area (TPSA) is 27.7 Å². The van der Waals surface area contributed by atoms with E-state index in [0.29, 0.717) is 25.2 Å². The van der Waals surface area contributed by atoms with Crippen LogP contribution in [-0.2, 0) is 14.2 Å². The summed E-state index contributed by atoms with van der Waals surface area (Å²) < 4.78 is 42.2. The zero-order valence-corrected chi connectivity index (χ0v) is 16.7. The minimum Gasteiger partial charge on any atom is -0.378 e. The maximum atomic E-state index is 12.3. The predicted octanol–water partition coefficient (Wildman–Crippen LogP) is 5.94. The van der Waals surface area contributed by atoms with Crippen molar-refractivity contribution < 1.29 is 23.0 Å². The summed E-state index contributed by atoms with van der Waals surface area (Å²) in [4.78, 5) is 0. The molecule has 0 radical (unpaired) electrons. The zero-order chi connectivity index (χ0) is 19.1. The van der Waals surface area contributed by atoms with Crippen LogP contribution in [0.15, 0.2) is 12.2 Å². The molecule has 0 aromatic heterocycles. The highest BCUT2D eigenvalue weighted by molar-refractivity contribution is 4.90. The third-order valence-electron chi connectivity index (χ3n) is 6.75. The van der Waals surface area contributed by atoms with E-state index in [1.54, 1.807) is 0 Å². The highest BCUT2D eigenvalue weighted by Crippen LogP contribution is 2.42. The third kappa shape index (κ3) is 6.50. The summed E-state index contributed by atoms with van der Waals surface area (Å²) in [5.74, 6) is 1.80. The molecule has 0 aromatic carbocycles. The summed E-state index contributed by atoms with van der Waals surface area (Å²) in [5.41, 5.74) is 0.